The van der Waals surface area contributed by atoms with Crippen molar-refractivity contribution in [2.75, 3.05) is 79.3 Å². The Morgan fingerprint density at radius 3 is 2.35 bits per heavy atom. The van der Waals surface area contributed by atoms with Crippen molar-refractivity contribution in [2.24, 2.45) is 5.92 Å². The topological polar surface area (TPSA) is 175 Å². The Balaban J connectivity index is 0.766. The first kappa shape index (κ1) is 45.0. The number of β-amino-alcohol motifs (C(OH)–C–C–N with tert-alkyl or cyclic N) is 1. The maximum Gasteiger partial charge on any atom is 0.421 e. The van der Waals surface area contributed by atoms with Crippen molar-refractivity contribution in [2.45, 2.75) is 100 Å². The first-order valence-corrected chi connectivity index (χ1v) is 23.3. The molecule has 1 aliphatic carbocycles. The van der Waals surface area contributed by atoms with E-state index in [1.165, 1.54) is 23.1 Å². The number of aliphatic hydroxyl groups is 1. The highest BCUT2D eigenvalue weighted by molar-refractivity contribution is 7.89. The van der Waals surface area contributed by atoms with Crippen LogP contribution in [0.3, 0.4) is 0 Å². The maximum atomic E-state index is 15.0. The van der Waals surface area contributed by atoms with Gasteiger partial charge in [0.15, 0.2) is 0 Å². The number of anilines is 5. The highest BCUT2D eigenvalue weighted by Crippen LogP contribution is 2.38. The van der Waals surface area contributed by atoms with Crippen LogP contribution in [0.25, 0.3) is 0 Å². The number of imide groups is 1. The minimum Gasteiger partial charge on any atom is -0.388 e. The second-order valence-electron chi connectivity index (χ2n) is 18.1. The number of alkyl halides is 3. The third kappa shape index (κ3) is 10.7. The summed E-state index contributed by atoms with van der Waals surface area (Å²) < 4.78 is 86.6. The molecule has 20 heteroatoms. The fourth-order valence-electron chi connectivity index (χ4n) is 9.50. The van der Waals surface area contributed by atoms with E-state index in [2.05, 4.69) is 45.3 Å². The number of hydrogen-bond donors (Lipinski definition) is 5. The predicted octanol–water partition coefficient (Wildman–Crippen LogP) is 4.60. The Morgan fingerprint density at radius 2 is 1.68 bits per heavy atom. The zero-order valence-corrected chi connectivity index (χ0v) is 36.4. The smallest absolute Gasteiger partial charge is 0.388 e. The Kier molecular flexibility index (Phi) is 12.9. The van der Waals surface area contributed by atoms with Gasteiger partial charge in [0, 0.05) is 95.0 Å². The molecule has 5 heterocycles. The largest absolute Gasteiger partial charge is 0.421 e. The van der Waals surface area contributed by atoms with E-state index in [1.54, 1.807) is 26.0 Å². The number of nitrogens with one attached hydrogen (secondary N) is 4. The summed E-state index contributed by atoms with van der Waals surface area (Å²) in [6.45, 7) is 9.96. The third-order valence-corrected chi connectivity index (χ3v) is 14.7. The fourth-order valence-corrected chi connectivity index (χ4v) is 10.8. The number of carbonyl (C=O) groups is 2. The molecule has 2 unspecified atom stereocenters. The van der Waals surface area contributed by atoms with Gasteiger partial charge in [-0.3, -0.25) is 19.8 Å². The standard InChI is InChI=1S/C43H56F4N10O5S/c1-27-20-32(5-7-35(27)50-41-48-24-33(43(45,46)47)39(52-41)57-13-3-12-42(2,60)26-57)63(61,62)53-29-21-31(22-29)56-18-16-54(17-19-56)25-28-10-14-55(15-11-28)30-4-6-36(34(44)23-30)49-37-8-9-38(58)51-40(37)59/h4-7,20,23-24,28-29,31,37,49,53,60H,3,8-19,21-22,25-26H2,1-2H3,(H,48,50,52)(H,51,58,59). The van der Waals surface area contributed by atoms with E-state index in [0.717, 1.165) is 70.5 Å². The molecule has 0 spiro atoms. The molecule has 5 N–H and O–H groups in total. The van der Waals surface area contributed by atoms with Gasteiger partial charge >= 0.3 is 6.18 Å². The Hall–Kier alpha value is -4.63. The van der Waals surface area contributed by atoms with Crippen LogP contribution in [0.2, 0.25) is 0 Å². The lowest BCUT2D eigenvalue weighted by molar-refractivity contribution is -0.138. The van der Waals surface area contributed by atoms with Crippen LogP contribution < -0.4 is 30.5 Å². The zero-order valence-electron chi connectivity index (χ0n) is 35.6. The lowest BCUT2D eigenvalue weighted by Crippen LogP contribution is -2.58. The molecule has 15 nitrogen and oxygen atoms in total. The minimum absolute atomic E-state index is 0.00674. The summed E-state index contributed by atoms with van der Waals surface area (Å²) in [5.41, 5.74) is -0.109. The molecule has 2 aromatic carbocycles. The fraction of sp³-hybridized carbons (Fsp3) is 0.581. The van der Waals surface area contributed by atoms with E-state index < -0.39 is 45.1 Å². The van der Waals surface area contributed by atoms with Gasteiger partial charge in [-0.15, -0.1) is 0 Å². The van der Waals surface area contributed by atoms with E-state index in [1.807, 2.05) is 6.07 Å². The molecular formula is C43H56F4N10O5S. The van der Waals surface area contributed by atoms with Gasteiger partial charge in [-0.25, -0.2) is 22.5 Å². The number of halogens is 4. The van der Waals surface area contributed by atoms with Crippen LogP contribution in [0, 0.1) is 18.7 Å². The summed E-state index contributed by atoms with van der Waals surface area (Å²) in [7, 11) is -3.84. The van der Waals surface area contributed by atoms with Crippen molar-refractivity contribution >= 4 is 50.7 Å². The van der Waals surface area contributed by atoms with Crippen LogP contribution in [0.1, 0.15) is 69.4 Å². The summed E-state index contributed by atoms with van der Waals surface area (Å²) in [4.78, 5) is 40.3. The van der Waals surface area contributed by atoms with Crippen LogP contribution in [0.4, 0.5) is 46.4 Å². The SMILES string of the molecule is Cc1cc(S(=O)(=O)NC2CC(N3CCN(CC4CCN(c5ccc(NC6CCC(=O)NC6=O)c(F)c5)CC4)CC3)C2)ccc1Nc1ncc(C(F)(F)F)c(N2CCCC(C)(O)C2)n1. The molecule has 3 aromatic rings. The molecular weight excluding hydrogens is 845 g/mol. The molecule has 342 valence electrons. The molecule has 5 aliphatic rings. The van der Waals surface area contributed by atoms with Crippen molar-refractivity contribution in [3.8, 4) is 0 Å². The van der Waals surface area contributed by atoms with Gasteiger partial charge in [-0.05, 0) is 107 Å². The Morgan fingerprint density at radius 1 is 0.952 bits per heavy atom. The molecule has 0 bridgehead atoms. The van der Waals surface area contributed by atoms with Gasteiger partial charge < -0.3 is 30.4 Å². The summed E-state index contributed by atoms with van der Waals surface area (Å²) in [6, 6.07) is 9.01. The summed E-state index contributed by atoms with van der Waals surface area (Å²) in [6.07, 6.45) is 0.975. The van der Waals surface area contributed by atoms with Crippen LogP contribution in [0.5, 0.6) is 0 Å². The average molecular weight is 901 g/mol. The molecule has 63 heavy (non-hydrogen) atoms. The quantitative estimate of drug-likeness (QED) is 0.126. The summed E-state index contributed by atoms with van der Waals surface area (Å²) in [5, 5.41) is 18.7. The van der Waals surface area contributed by atoms with Gasteiger partial charge in [0.2, 0.25) is 27.8 Å². The second-order valence-corrected chi connectivity index (χ2v) is 19.8. The molecule has 1 saturated carbocycles. The normalized spacial score (nSPS) is 25.7. The first-order chi connectivity index (χ1) is 29.9. The molecule has 5 fully saturated rings. The van der Waals surface area contributed by atoms with Gasteiger partial charge in [0.05, 0.1) is 16.2 Å². The summed E-state index contributed by atoms with van der Waals surface area (Å²) >= 11 is 0. The van der Waals surface area contributed by atoms with E-state index in [0.29, 0.717) is 61.9 Å². The molecule has 0 radical (unpaired) electrons. The number of nitrogens with zero attached hydrogens (tertiary/aromatic N) is 6. The summed E-state index contributed by atoms with van der Waals surface area (Å²) in [5.74, 6) is -1.04. The Bertz CT molecular complexity index is 2280. The number of piperazine rings is 1. The number of aromatic nitrogens is 2. The average Bonchev–Trinajstić information content (AvgIpc) is 3.21. The predicted molar refractivity (Wildman–Crippen MR) is 230 cm³/mol. The lowest BCUT2D eigenvalue weighted by Gasteiger charge is -2.47. The van der Waals surface area contributed by atoms with Crippen molar-refractivity contribution in [3.63, 3.8) is 0 Å². The van der Waals surface area contributed by atoms with Crippen LogP contribution in [-0.2, 0) is 25.8 Å². The van der Waals surface area contributed by atoms with Crippen molar-refractivity contribution < 1.29 is 40.7 Å². The van der Waals surface area contributed by atoms with E-state index in [4.69, 9.17) is 0 Å². The highest BCUT2D eigenvalue weighted by Gasteiger charge is 2.40. The molecule has 1 aromatic heterocycles. The van der Waals surface area contributed by atoms with E-state index in [9.17, 15) is 36.3 Å². The van der Waals surface area contributed by atoms with Crippen molar-refractivity contribution in [3.05, 3.63) is 59.5 Å². The molecule has 8 rings (SSSR count). The van der Waals surface area contributed by atoms with Gasteiger partial charge in [0.25, 0.3) is 0 Å². The van der Waals surface area contributed by atoms with Crippen LogP contribution in [-0.4, -0.2) is 128 Å². The third-order valence-electron chi connectivity index (χ3n) is 13.2. The number of carbonyl (C=O) groups excluding carboxylic acids is 2. The number of amides is 2. The van der Waals surface area contributed by atoms with E-state index >= 15 is 4.39 Å². The monoisotopic (exact) mass is 900 g/mol. The molecule has 2 atom stereocenters. The molecule has 4 saturated heterocycles. The molecule has 2 amide bonds. The molecule has 4 aliphatic heterocycles. The van der Waals surface area contributed by atoms with Gasteiger partial charge in [-0.1, -0.05) is 0 Å². The van der Waals surface area contributed by atoms with Crippen LogP contribution >= 0.6 is 0 Å². The second kappa shape index (κ2) is 18.1. The van der Waals surface area contributed by atoms with Gasteiger partial charge in [0.1, 0.15) is 23.2 Å². The minimum atomic E-state index is -4.70. The first-order valence-electron chi connectivity index (χ1n) is 21.8. The number of hydrogen-bond acceptors (Lipinski definition) is 13. The van der Waals surface area contributed by atoms with Gasteiger partial charge in [-0.2, -0.15) is 18.2 Å². The number of rotatable bonds is 12. The number of benzene rings is 2. The van der Waals surface area contributed by atoms with Crippen molar-refractivity contribution in [1.82, 2.24) is 29.8 Å². The zero-order chi connectivity index (χ0) is 44.7. The Labute approximate surface area is 365 Å². The number of sulfonamides is 1. The van der Waals surface area contributed by atoms with E-state index in [-0.39, 0.29) is 47.3 Å². The highest BCUT2D eigenvalue weighted by atomic mass is 32.2. The van der Waals surface area contributed by atoms with Crippen LogP contribution in [0.15, 0.2) is 47.5 Å². The maximum absolute atomic E-state index is 15.0. The van der Waals surface area contributed by atoms with Crippen molar-refractivity contribution in [1.29, 1.82) is 0 Å². The lowest BCUT2D eigenvalue weighted by atomic mass is 9.86. The number of aryl methyl sites for hydroxylation is 1. The number of piperidine rings is 3.